The van der Waals surface area contributed by atoms with Crippen molar-refractivity contribution in [2.45, 2.75) is 26.3 Å². The Morgan fingerprint density at radius 1 is 1.36 bits per heavy atom. The van der Waals surface area contributed by atoms with Crippen LogP contribution >= 0.6 is 0 Å². The number of nitrogens with zero attached hydrogens (tertiary/aromatic N) is 2. The Morgan fingerprint density at radius 2 is 2.07 bits per heavy atom. The third-order valence-corrected chi connectivity index (χ3v) is 3.28. The molecule has 1 atom stereocenters. The van der Waals surface area contributed by atoms with Crippen LogP contribution in [0.1, 0.15) is 23.9 Å². The number of rotatable bonds is 1. The van der Waals surface area contributed by atoms with Crippen molar-refractivity contribution in [3.8, 4) is 0 Å². The predicted octanol–water partition coefficient (Wildman–Crippen LogP) is 0.338. The van der Waals surface area contributed by atoms with Crippen LogP contribution in [-0.4, -0.2) is 22.2 Å². The number of hydrogen-bond acceptors (Lipinski definition) is 2. The second kappa shape index (κ2) is 3.28. The summed E-state index contributed by atoms with van der Waals surface area (Å²) in [7, 11) is 1.84. The van der Waals surface area contributed by atoms with Crippen molar-refractivity contribution in [1.82, 2.24) is 14.5 Å². The molecule has 1 aliphatic heterocycles. The quantitative estimate of drug-likeness (QED) is 0.701. The zero-order valence-electron chi connectivity index (χ0n) is 9.00. The summed E-state index contributed by atoms with van der Waals surface area (Å²) in [4.78, 5) is 11.9. The molecule has 0 spiro atoms. The van der Waals surface area contributed by atoms with Gasteiger partial charge in [0.2, 0.25) is 0 Å². The molecule has 0 saturated carbocycles. The van der Waals surface area contributed by atoms with Crippen LogP contribution in [0.3, 0.4) is 0 Å². The van der Waals surface area contributed by atoms with Crippen LogP contribution in [0.2, 0.25) is 0 Å². The molecule has 2 rings (SSSR count). The van der Waals surface area contributed by atoms with E-state index in [1.807, 2.05) is 25.5 Å². The fourth-order valence-corrected chi connectivity index (χ4v) is 2.16. The van der Waals surface area contributed by atoms with Crippen molar-refractivity contribution in [1.29, 1.82) is 0 Å². The van der Waals surface area contributed by atoms with Crippen LogP contribution in [0.5, 0.6) is 0 Å². The van der Waals surface area contributed by atoms with Crippen LogP contribution in [-0.2, 0) is 7.05 Å². The molecule has 78 valence electrons. The van der Waals surface area contributed by atoms with E-state index in [1.54, 1.807) is 4.57 Å². The highest BCUT2D eigenvalue weighted by molar-refractivity contribution is 5.12. The monoisotopic (exact) mass is 195 g/mol. The minimum Gasteiger partial charge on any atom is -0.315 e. The van der Waals surface area contributed by atoms with Gasteiger partial charge in [-0.1, -0.05) is 0 Å². The van der Waals surface area contributed by atoms with Gasteiger partial charge in [0.15, 0.2) is 0 Å². The van der Waals surface area contributed by atoms with E-state index in [0.717, 1.165) is 30.9 Å². The second-order valence-corrected chi connectivity index (χ2v) is 4.03. The zero-order valence-corrected chi connectivity index (χ0v) is 9.00. The third-order valence-electron chi connectivity index (χ3n) is 3.28. The van der Waals surface area contributed by atoms with E-state index in [9.17, 15) is 4.79 Å². The first-order chi connectivity index (χ1) is 6.63. The SMILES string of the molecule is Cc1c(C)n(C2CCNC2)c(=O)n1C. The first-order valence-electron chi connectivity index (χ1n) is 5.08. The van der Waals surface area contributed by atoms with Gasteiger partial charge < -0.3 is 5.32 Å². The molecule has 1 aromatic rings. The van der Waals surface area contributed by atoms with Gasteiger partial charge in [-0.3, -0.25) is 9.13 Å². The number of nitrogens with one attached hydrogen (secondary N) is 1. The van der Waals surface area contributed by atoms with Crippen molar-refractivity contribution >= 4 is 0 Å². The fourth-order valence-electron chi connectivity index (χ4n) is 2.16. The standard InChI is InChI=1S/C10H17N3O/c1-7-8(2)13(10(14)12(7)3)9-4-5-11-6-9/h9,11H,4-6H2,1-3H3. The minimum absolute atomic E-state index is 0.119. The normalized spacial score (nSPS) is 21.8. The summed E-state index contributed by atoms with van der Waals surface area (Å²) >= 11 is 0. The van der Waals surface area contributed by atoms with Gasteiger partial charge in [0.1, 0.15) is 0 Å². The molecular weight excluding hydrogens is 178 g/mol. The minimum atomic E-state index is 0.119. The van der Waals surface area contributed by atoms with Gasteiger partial charge in [-0.2, -0.15) is 0 Å². The van der Waals surface area contributed by atoms with Crippen molar-refractivity contribution in [2.24, 2.45) is 7.05 Å². The van der Waals surface area contributed by atoms with E-state index < -0.39 is 0 Å². The highest BCUT2D eigenvalue weighted by atomic mass is 16.1. The van der Waals surface area contributed by atoms with Crippen molar-refractivity contribution < 1.29 is 0 Å². The van der Waals surface area contributed by atoms with Gasteiger partial charge in [-0.25, -0.2) is 4.79 Å². The smallest absolute Gasteiger partial charge is 0.315 e. The summed E-state index contributed by atoms with van der Waals surface area (Å²) in [6, 6.07) is 0.349. The summed E-state index contributed by atoms with van der Waals surface area (Å²) in [5, 5.41) is 3.28. The van der Waals surface area contributed by atoms with Crippen LogP contribution in [0.15, 0.2) is 4.79 Å². The van der Waals surface area contributed by atoms with Crippen LogP contribution < -0.4 is 11.0 Å². The molecule has 1 N–H and O–H groups in total. The van der Waals surface area contributed by atoms with Gasteiger partial charge in [0.05, 0.1) is 6.04 Å². The third kappa shape index (κ3) is 1.21. The Labute approximate surface area is 83.5 Å². The molecule has 1 aromatic heterocycles. The highest BCUT2D eigenvalue weighted by Crippen LogP contribution is 2.16. The molecule has 1 fully saturated rings. The van der Waals surface area contributed by atoms with Gasteiger partial charge in [-0.15, -0.1) is 0 Å². The van der Waals surface area contributed by atoms with Crippen LogP contribution in [0, 0.1) is 13.8 Å². The van der Waals surface area contributed by atoms with E-state index in [-0.39, 0.29) is 5.69 Å². The van der Waals surface area contributed by atoms with Gasteiger partial charge in [0.25, 0.3) is 0 Å². The summed E-state index contributed by atoms with van der Waals surface area (Å²) in [5.41, 5.74) is 2.29. The lowest BCUT2D eigenvalue weighted by Gasteiger charge is -2.11. The molecule has 4 nitrogen and oxygen atoms in total. The van der Waals surface area contributed by atoms with Gasteiger partial charge in [0, 0.05) is 25.0 Å². The Morgan fingerprint density at radius 3 is 2.50 bits per heavy atom. The molecule has 0 radical (unpaired) electrons. The first-order valence-corrected chi connectivity index (χ1v) is 5.08. The molecule has 1 aliphatic rings. The maximum atomic E-state index is 11.9. The molecule has 4 heteroatoms. The topological polar surface area (TPSA) is 39.0 Å². The first kappa shape index (κ1) is 9.52. The van der Waals surface area contributed by atoms with Crippen LogP contribution in [0.4, 0.5) is 0 Å². The predicted molar refractivity (Wildman–Crippen MR) is 55.7 cm³/mol. The van der Waals surface area contributed by atoms with Crippen LogP contribution in [0.25, 0.3) is 0 Å². The summed E-state index contributed by atoms with van der Waals surface area (Å²) < 4.78 is 3.66. The largest absolute Gasteiger partial charge is 0.328 e. The number of aromatic nitrogens is 2. The lowest BCUT2D eigenvalue weighted by Crippen LogP contribution is -2.28. The molecule has 0 aliphatic carbocycles. The highest BCUT2D eigenvalue weighted by Gasteiger charge is 2.22. The Kier molecular flexibility index (Phi) is 2.23. The molecular formula is C10H17N3O. The molecule has 0 amide bonds. The summed E-state index contributed by atoms with van der Waals surface area (Å²) in [6.45, 7) is 5.96. The molecule has 2 heterocycles. The molecule has 14 heavy (non-hydrogen) atoms. The lowest BCUT2D eigenvalue weighted by atomic mass is 10.2. The Bertz CT molecular complexity index is 396. The van der Waals surface area contributed by atoms with E-state index in [1.165, 1.54) is 0 Å². The van der Waals surface area contributed by atoms with E-state index in [0.29, 0.717) is 6.04 Å². The number of hydrogen-bond donors (Lipinski definition) is 1. The summed E-state index contributed by atoms with van der Waals surface area (Å²) in [5.74, 6) is 0. The zero-order chi connectivity index (χ0) is 10.3. The number of imidazole rings is 1. The maximum Gasteiger partial charge on any atom is 0.328 e. The van der Waals surface area contributed by atoms with Crippen molar-refractivity contribution in [3.63, 3.8) is 0 Å². The fraction of sp³-hybridized carbons (Fsp3) is 0.700. The second-order valence-electron chi connectivity index (χ2n) is 4.03. The van der Waals surface area contributed by atoms with E-state index in [4.69, 9.17) is 0 Å². The Balaban J connectivity index is 2.51. The average Bonchev–Trinajstić information content (AvgIpc) is 2.73. The van der Waals surface area contributed by atoms with Gasteiger partial charge in [-0.05, 0) is 26.8 Å². The Hall–Kier alpha value is -1.03. The van der Waals surface area contributed by atoms with E-state index in [2.05, 4.69) is 5.32 Å². The lowest BCUT2D eigenvalue weighted by molar-refractivity contribution is 0.512. The molecule has 0 bridgehead atoms. The van der Waals surface area contributed by atoms with E-state index >= 15 is 0 Å². The maximum absolute atomic E-state index is 11.9. The molecule has 0 aromatic carbocycles. The van der Waals surface area contributed by atoms with Crippen molar-refractivity contribution in [3.05, 3.63) is 21.9 Å². The molecule has 1 unspecified atom stereocenters. The van der Waals surface area contributed by atoms with Crippen molar-refractivity contribution in [2.75, 3.05) is 13.1 Å². The van der Waals surface area contributed by atoms with Gasteiger partial charge >= 0.3 is 5.69 Å². The molecule has 1 saturated heterocycles. The average molecular weight is 195 g/mol. The summed E-state index contributed by atoms with van der Waals surface area (Å²) in [6.07, 6.45) is 1.06.